The first-order valence-corrected chi connectivity index (χ1v) is 10.2. The van der Waals surface area contributed by atoms with Crippen LogP contribution in [0.25, 0.3) is 22.1 Å². The lowest BCUT2D eigenvalue weighted by Gasteiger charge is -2.19. The first kappa shape index (κ1) is 22.8. The van der Waals surface area contributed by atoms with E-state index < -0.39 is 52.4 Å². The van der Waals surface area contributed by atoms with E-state index in [1.807, 2.05) is 0 Å². The molecule has 4 rings (SSSR count). The molecule has 0 spiro atoms. The Bertz CT molecular complexity index is 1500. The topological polar surface area (TPSA) is 75.6 Å². The van der Waals surface area contributed by atoms with Crippen LogP contribution in [0.5, 0.6) is 0 Å². The number of imidazole rings is 2. The highest BCUT2D eigenvalue weighted by Gasteiger charge is 2.40. The minimum atomic E-state index is -5.07. The van der Waals surface area contributed by atoms with Crippen molar-refractivity contribution in [2.75, 3.05) is 0 Å². The van der Waals surface area contributed by atoms with Gasteiger partial charge in [0.25, 0.3) is 0 Å². The second-order valence-electron chi connectivity index (χ2n) is 8.43. The summed E-state index contributed by atoms with van der Waals surface area (Å²) in [7, 11) is 0. The van der Waals surface area contributed by atoms with Crippen molar-refractivity contribution < 1.29 is 22.0 Å². The summed E-state index contributed by atoms with van der Waals surface area (Å²) < 4.78 is 73.2. The van der Waals surface area contributed by atoms with Gasteiger partial charge in [0, 0.05) is 17.6 Å². The second kappa shape index (κ2) is 7.60. The van der Waals surface area contributed by atoms with E-state index in [0.29, 0.717) is 5.52 Å². The van der Waals surface area contributed by atoms with Crippen LogP contribution < -0.4 is 11.4 Å². The Hall–Kier alpha value is -3.37. The van der Waals surface area contributed by atoms with Crippen molar-refractivity contribution in [3.8, 4) is 0 Å². The SMILES string of the molecule is Cc1c(F)ccc2[nH]c(=O)n(C(C)Cc3cc4[nH]c(=O)n(C(C)C)c4c(C(F)(F)F)c3F)c12. The van der Waals surface area contributed by atoms with E-state index >= 15 is 4.39 Å². The van der Waals surface area contributed by atoms with E-state index in [9.17, 15) is 27.2 Å². The van der Waals surface area contributed by atoms with Crippen LogP contribution in [-0.4, -0.2) is 19.1 Å². The quantitative estimate of drug-likeness (QED) is 0.416. The molecule has 4 aromatic rings. The largest absolute Gasteiger partial charge is 0.421 e. The predicted octanol–water partition coefficient (Wildman–Crippen LogP) is 4.96. The van der Waals surface area contributed by atoms with E-state index in [1.165, 1.54) is 44.4 Å². The Morgan fingerprint density at radius 1 is 0.939 bits per heavy atom. The number of rotatable bonds is 4. The van der Waals surface area contributed by atoms with Crippen molar-refractivity contribution in [3.05, 3.63) is 67.5 Å². The highest BCUT2D eigenvalue weighted by atomic mass is 19.4. The molecule has 1 unspecified atom stereocenters. The Morgan fingerprint density at radius 2 is 1.55 bits per heavy atom. The normalized spacial score (nSPS) is 13.5. The molecule has 0 fully saturated rings. The lowest BCUT2D eigenvalue weighted by atomic mass is 10.0. The number of aromatic nitrogens is 4. The zero-order valence-electron chi connectivity index (χ0n) is 18.2. The lowest BCUT2D eigenvalue weighted by molar-refractivity contribution is -0.138. The summed E-state index contributed by atoms with van der Waals surface area (Å²) in [4.78, 5) is 29.8. The van der Waals surface area contributed by atoms with Gasteiger partial charge in [-0.1, -0.05) is 0 Å². The van der Waals surface area contributed by atoms with Crippen LogP contribution in [0.1, 0.15) is 49.5 Å². The van der Waals surface area contributed by atoms with E-state index in [4.69, 9.17) is 0 Å². The Morgan fingerprint density at radius 3 is 2.15 bits per heavy atom. The summed E-state index contributed by atoms with van der Waals surface area (Å²) in [5, 5.41) is 0. The van der Waals surface area contributed by atoms with Crippen molar-refractivity contribution in [2.24, 2.45) is 0 Å². The number of H-pyrrole nitrogens is 2. The van der Waals surface area contributed by atoms with E-state index in [2.05, 4.69) is 9.97 Å². The fourth-order valence-electron chi connectivity index (χ4n) is 4.42. The van der Waals surface area contributed by atoms with Crippen LogP contribution in [0.15, 0.2) is 27.8 Å². The number of aromatic amines is 2. The standard InChI is InChI=1S/C22H21F5N4O2/c1-9(2)30-19-15(29-20(30)32)8-12(17(24)16(19)22(25,26)27)7-10(3)31-18-11(4)13(23)5-6-14(18)28-21(31)33/h5-6,8-10H,7H2,1-4H3,(H,28,33)(H,29,32). The van der Waals surface area contributed by atoms with Crippen molar-refractivity contribution in [2.45, 2.75) is 52.4 Å². The van der Waals surface area contributed by atoms with E-state index in [1.54, 1.807) is 0 Å². The summed E-state index contributed by atoms with van der Waals surface area (Å²) in [5.41, 5.74) is -3.16. The van der Waals surface area contributed by atoms with Crippen LogP contribution in [0, 0.1) is 18.6 Å². The molecule has 0 bridgehead atoms. The number of fused-ring (bicyclic) bond motifs is 2. The van der Waals surface area contributed by atoms with Gasteiger partial charge < -0.3 is 9.97 Å². The molecule has 0 saturated heterocycles. The highest BCUT2D eigenvalue weighted by molar-refractivity contribution is 5.81. The van der Waals surface area contributed by atoms with Gasteiger partial charge in [-0.3, -0.25) is 9.13 Å². The van der Waals surface area contributed by atoms with Crippen LogP contribution in [0.2, 0.25) is 0 Å². The van der Waals surface area contributed by atoms with Gasteiger partial charge in [-0.25, -0.2) is 18.4 Å². The number of aryl methyl sites for hydroxylation is 1. The summed E-state index contributed by atoms with van der Waals surface area (Å²) in [6.45, 7) is 6.04. The zero-order chi connectivity index (χ0) is 24.4. The molecule has 0 radical (unpaired) electrons. The van der Waals surface area contributed by atoms with Crippen LogP contribution in [-0.2, 0) is 12.6 Å². The smallest absolute Gasteiger partial charge is 0.306 e. The summed E-state index contributed by atoms with van der Waals surface area (Å²) in [6.07, 6.45) is -5.37. The maximum Gasteiger partial charge on any atom is 0.421 e. The number of nitrogens with zero attached hydrogens (tertiary/aromatic N) is 2. The van der Waals surface area contributed by atoms with E-state index in [-0.39, 0.29) is 28.6 Å². The lowest BCUT2D eigenvalue weighted by Crippen LogP contribution is -2.23. The van der Waals surface area contributed by atoms with Crippen LogP contribution in [0.3, 0.4) is 0 Å². The number of alkyl halides is 3. The number of nitrogens with one attached hydrogen (secondary N) is 2. The maximum absolute atomic E-state index is 15.3. The third kappa shape index (κ3) is 3.55. The van der Waals surface area contributed by atoms with Gasteiger partial charge in [0.15, 0.2) is 0 Å². The number of hydrogen-bond acceptors (Lipinski definition) is 2. The second-order valence-corrected chi connectivity index (χ2v) is 8.43. The molecule has 6 nitrogen and oxygen atoms in total. The van der Waals surface area contributed by atoms with Crippen molar-refractivity contribution in [1.82, 2.24) is 19.1 Å². The molecule has 2 N–H and O–H groups in total. The van der Waals surface area contributed by atoms with Gasteiger partial charge in [-0.2, -0.15) is 13.2 Å². The fourth-order valence-corrected chi connectivity index (χ4v) is 4.42. The molecule has 0 saturated carbocycles. The number of hydrogen-bond donors (Lipinski definition) is 2. The zero-order valence-corrected chi connectivity index (χ0v) is 18.2. The molecule has 33 heavy (non-hydrogen) atoms. The molecule has 0 amide bonds. The third-order valence-electron chi connectivity index (χ3n) is 5.84. The Balaban J connectivity index is 1.92. The van der Waals surface area contributed by atoms with E-state index in [0.717, 1.165) is 10.6 Å². The average Bonchev–Trinajstić information content (AvgIpc) is 3.20. The number of benzene rings is 2. The van der Waals surface area contributed by atoms with Gasteiger partial charge >= 0.3 is 17.6 Å². The monoisotopic (exact) mass is 468 g/mol. The van der Waals surface area contributed by atoms with Crippen molar-refractivity contribution >= 4 is 22.1 Å². The molecule has 0 aliphatic carbocycles. The molecule has 2 aromatic heterocycles. The average molecular weight is 468 g/mol. The minimum Gasteiger partial charge on any atom is -0.306 e. The number of halogens is 5. The summed E-state index contributed by atoms with van der Waals surface area (Å²) >= 11 is 0. The van der Waals surface area contributed by atoms with Crippen LogP contribution in [0.4, 0.5) is 22.0 Å². The molecule has 11 heteroatoms. The van der Waals surface area contributed by atoms with Gasteiger partial charge in [0.2, 0.25) is 0 Å². The first-order chi connectivity index (χ1) is 15.3. The molecule has 0 aliphatic rings. The first-order valence-electron chi connectivity index (χ1n) is 10.2. The van der Waals surface area contributed by atoms with Gasteiger partial charge in [0.1, 0.15) is 17.2 Å². The molecule has 2 aromatic carbocycles. The minimum absolute atomic E-state index is 0.155. The molecule has 0 aliphatic heterocycles. The molecule has 1 atom stereocenters. The van der Waals surface area contributed by atoms with Crippen LogP contribution >= 0.6 is 0 Å². The Kier molecular flexibility index (Phi) is 5.25. The molecular weight excluding hydrogens is 447 g/mol. The van der Waals surface area contributed by atoms with Gasteiger partial charge in [0.05, 0.1) is 22.1 Å². The summed E-state index contributed by atoms with van der Waals surface area (Å²) in [5.74, 6) is -2.06. The highest BCUT2D eigenvalue weighted by Crippen LogP contribution is 2.39. The van der Waals surface area contributed by atoms with Crippen molar-refractivity contribution in [3.63, 3.8) is 0 Å². The summed E-state index contributed by atoms with van der Waals surface area (Å²) in [6, 6.07) is 2.28. The van der Waals surface area contributed by atoms with Crippen molar-refractivity contribution in [1.29, 1.82) is 0 Å². The fraction of sp³-hybridized carbons (Fsp3) is 0.364. The van der Waals surface area contributed by atoms with Gasteiger partial charge in [-0.15, -0.1) is 0 Å². The Labute approximate surface area is 183 Å². The maximum atomic E-state index is 15.3. The predicted molar refractivity (Wildman–Crippen MR) is 114 cm³/mol. The third-order valence-corrected chi connectivity index (χ3v) is 5.84. The van der Waals surface area contributed by atoms with Gasteiger partial charge in [-0.05, 0) is 57.9 Å². The molecule has 176 valence electrons. The molecule has 2 heterocycles. The molecular formula is C22H21F5N4O2.